The number of aromatic nitrogens is 1. The molecule has 0 unspecified atom stereocenters. The number of carboxylic acids is 1. The van der Waals surface area contributed by atoms with Gasteiger partial charge in [0, 0.05) is 17.8 Å². The summed E-state index contributed by atoms with van der Waals surface area (Å²) in [4.78, 5) is 14.9. The molecule has 2 rings (SSSR count). The lowest BCUT2D eigenvalue weighted by atomic mass is 10.1. The van der Waals surface area contributed by atoms with Crippen LogP contribution in [-0.4, -0.2) is 30.3 Å². The first kappa shape index (κ1) is 12.9. The molecule has 5 nitrogen and oxygen atoms in total. The largest absolute Gasteiger partial charge is 0.497 e. The van der Waals surface area contributed by atoms with Crippen molar-refractivity contribution >= 4 is 5.97 Å². The highest BCUT2D eigenvalue weighted by Gasteiger charge is 2.07. The van der Waals surface area contributed by atoms with Crippen LogP contribution in [0.1, 0.15) is 10.4 Å². The van der Waals surface area contributed by atoms with Crippen LogP contribution in [0.4, 0.5) is 0 Å². The zero-order valence-corrected chi connectivity index (χ0v) is 10.6. The second-order valence-electron chi connectivity index (χ2n) is 3.84. The predicted octanol–water partition coefficient (Wildman–Crippen LogP) is 2.46. The third-order valence-electron chi connectivity index (χ3n) is 2.66. The molecule has 19 heavy (non-hydrogen) atoms. The standard InChI is InChI=1S/C14H13NO4/c1-18-11-5-10(6-12(7-11)19-2)13-4-3-9(8-15-13)14(16)17/h3-8H,1-2H3,(H,16,17). The smallest absolute Gasteiger partial charge is 0.337 e. The van der Waals surface area contributed by atoms with Crippen molar-refractivity contribution in [1.82, 2.24) is 4.98 Å². The van der Waals surface area contributed by atoms with Gasteiger partial charge in [-0.1, -0.05) is 0 Å². The van der Waals surface area contributed by atoms with Crippen LogP contribution in [0.25, 0.3) is 11.3 Å². The number of carboxylic acid groups (broad SMARTS) is 1. The number of ether oxygens (including phenoxy) is 2. The molecule has 1 aromatic heterocycles. The number of carbonyl (C=O) groups is 1. The van der Waals surface area contributed by atoms with Crippen molar-refractivity contribution in [2.45, 2.75) is 0 Å². The summed E-state index contributed by atoms with van der Waals surface area (Å²) in [6.45, 7) is 0. The minimum absolute atomic E-state index is 0.151. The van der Waals surface area contributed by atoms with Crippen LogP contribution < -0.4 is 9.47 Å². The summed E-state index contributed by atoms with van der Waals surface area (Å²) in [5, 5.41) is 8.83. The minimum Gasteiger partial charge on any atom is -0.497 e. The van der Waals surface area contributed by atoms with Crippen LogP contribution >= 0.6 is 0 Å². The fourth-order valence-corrected chi connectivity index (χ4v) is 1.65. The summed E-state index contributed by atoms with van der Waals surface area (Å²) in [6.07, 6.45) is 1.32. The van der Waals surface area contributed by atoms with Gasteiger partial charge >= 0.3 is 5.97 Å². The third-order valence-corrected chi connectivity index (χ3v) is 2.66. The molecule has 0 aliphatic carbocycles. The fourth-order valence-electron chi connectivity index (χ4n) is 1.65. The van der Waals surface area contributed by atoms with E-state index in [1.54, 1.807) is 26.4 Å². The normalized spacial score (nSPS) is 10.0. The molecule has 1 aromatic carbocycles. The summed E-state index contributed by atoms with van der Waals surface area (Å²) < 4.78 is 10.4. The molecule has 0 bridgehead atoms. The average molecular weight is 259 g/mol. The maximum Gasteiger partial charge on any atom is 0.337 e. The first-order valence-electron chi connectivity index (χ1n) is 5.57. The lowest BCUT2D eigenvalue weighted by Gasteiger charge is -2.08. The van der Waals surface area contributed by atoms with E-state index >= 15 is 0 Å². The van der Waals surface area contributed by atoms with Gasteiger partial charge in [0.2, 0.25) is 0 Å². The van der Waals surface area contributed by atoms with Crippen LogP contribution in [-0.2, 0) is 0 Å². The van der Waals surface area contributed by atoms with E-state index in [1.807, 2.05) is 12.1 Å². The highest BCUT2D eigenvalue weighted by atomic mass is 16.5. The highest BCUT2D eigenvalue weighted by molar-refractivity contribution is 5.87. The van der Waals surface area contributed by atoms with Gasteiger partial charge in [0.15, 0.2) is 0 Å². The number of hydrogen-bond donors (Lipinski definition) is 1. The van der Waals surface area contributed by atoms with Crippen molar-refractivity contribution < 1.29 is 19.4 Å². The van der Waals surface area contributed by atoms with Gasteiger partial charge < -0.3 is 14.6 Å². The molecule has 0 spiro atoms. The topological polar surface area (TPSA) is 68.7 Å². The molecule has 5 heteroatoms. The summed E-state index contributed by atoms with van der Waals surface area (Å²) in [6, 6.07) is 8.54. The number of pyridine rings is 1. The summed E-state index contributed by atoms with van der Waals surface area (Å²) in [7, 11) is 3.14. The van der Waals surface area contributed by atoms with Crippen LogP contribution in [0, 0.1) is 0 Å². The molecule has 0 fully saturated rings. The second kappa shape index (κ2) is 5.39. The Morgan fingerprint density at radius 3 is 2.16 bits per heavy atom. The van der Waals surface area contributed by atoms with Gasteiger partial charge in [-0.05, 0) is 24.3 Å². The average Bonchev–Trinajstić information content (AvgIpc) is 2.46. The Bertz CT molecular complexity index is 571. The van der Waals surface area contributed by atoms with E-state index in [0.717, 1.165) is 5.56 Å². The van der Waals surface area contributed by atoms with E-state index in [9.17, 15) is 4.79 Å². The van der Waals surface area contributed by atoms with Crippen molar-refractivity contribution in [3.8, 4) is 22.8 Å². The Kier molecular flexibility index (Phi) is 3.66. The van der Waals surface area contributed by atoms with Crippen LogP contribution in [0.15, 0.2) is 36.5 Å². The van der Waals surface area contributed by atoms with Crippen molar-refractivity contribution in [1.29, 1.82) is 0 Å². The predicted molar refractivity (Wildman–Crippen MR) is 69.7 cm³/mol. The molecule has 0 aliphatic heterocycles. The zero-order chi connectivity index (χ0) is 13.8. The summed E-state index contributed by atoms with van der Waals surface area (Å²) in [5.74, 6) is 0.305. The Balaban J connectivity index is 2.42. The van der Waals surface area contributed by atoms with Gasteiger partial charge in [-0.25, -0.2) is 4.79 Å². The number of rotatable bonds is 4. The molecule has 0 atom stereocenters. The maximum absolute atomic E-state index is 10.8. The molecule has 0 saturated heterocycles. The van der Waals surface area contributed by atoms with Gasteiger partial charge in [0.25, 0.3) is 0 Å². The Morgan fingerprint density at radius 1 is 1.11 bits per heavy atom. The van der Waals surface area contributed by atoms with E-state index in [1.165, 1.54) is 12.3 Å². The summed E-state index contributed by atoms with van der Waals surface area (Å²) in [5.41, 5.74) is 1.61. The van der Waals surface area contributed by atoms with Gasteiger partial charge in [-0.3, -0.25) is 4.98 Å². The molecular weight excluding hydrogens is 246 g/mol. The summed E-state index contributed by atoms with van der Waals surface area (Å²) >= 11 is 0. The maximum atomic E-state index is 10.8. The first-order chi connectivity index (χ1) is 9.13. The lowest BCUT2D eigenvalue weighted by molar-refractivity contribution is 0.0696. The fraction of sp³-hybridized carbons (Fsp3) is 0.143. The Hall–Kier alpha value is -2.56. The SMILES string of the molecule is COc1cc(OC)cc(-c2ccc(C(=O)O)cn2)c1. The molecule has 0 amide bonds. The molecule has 0 aliphatic rings. The van der Waals surface area contributed by atoms with Crippen LogP contribution in [0.2, 0.25) is 0 Å². The van der Waals surface area contributed by atoms with E-state index in [-0.39, 0.29) is 5.56 Å². The van der Waals surface area contributed by atoms with Gasteiger partial charge in [-0.15, -0.1) is 0 Å². The number of benzene rings is 1. The van der Waals surface area contributed by atoms with Crippen LogP contribution in [0.3, 0.4) is 0 Å². The second-order valence-corrected chi connectivity index (χ2v) is 3.84. The highest BCUT2D eigenvalue weighted by Crippen LogP contribution is 2.28. The third kappa shape index (κ3) is 2.82. The minimum atomic E-state index is -0.998. The molecule has 1 heterocycles. The van der Waals surface area contributed by atoms with Crippen LogP contribution in [0.5, 0.6) is 11.5 Å². The number of nitrogens with zero attached hydrogens (tertiary/aromatic N) is 1. The Labute approximate surface area is 110 Å². The molecule has 0 radical (unpaired) electrons. The van der Waals surface area contributed by atoms with Crippen molar-refractivity contribution in [3.63, 3.8) is 0 Å². The molecule has 1 N–H and O–H groups in total. The molecule has 98 valence electrons. The number of aromatic carboxylic acids is 1. The molecule has 0 saturated carbocycles. The molecule has 2 aromatic rings. The first-order valence-corrected chi connectivity index (χ1v) is 5.57. The van der Waals surface area contributed by atoms with E-state index in [0.29, 0.717) is 17.2 Å². The monoisotopic (exact) mass is 259 g/mol. The van der Waals surface area contributed by atoms with Crippen molar-refractivity contribution in [2.75, 3.05) is 14.2 Å². The van der Waals surface area contributed by atoms with E-state index < -0.39 is 5.97 Å². The van der Waals surface area contributed by atoms with Gasteiger partial charge in [0.05, 0.1) is 25.5 Å². The lowest BCUT2D eigenvalue weighted by Crippen LogP contribution is -1.97. The van der Waals surface area contributed by atoms with Crippen molar-refractivity contribution in [2.24, 2.45) is 0 Å². The van der Waals surface area contributed by atoms with E-state index in [2.05, 4.69) is 4.98 Å². The quantitative estimate of drug-likeness (QED) is 0.913. The van der Waals surface area contributed by atoms with Gasteiger partial charge in [0.1, 0.15) is 11.5 Å². The Morgan fingerprint density at radius 2 is 1.74 bits per heavy atom. The number of hydrogen-bond acceptors (Lipinski definition) is 4. The zero-order valence-electron chi connectivity index (χ0n) is 10.6. The van der Waals surface area contributed by atoms with Gasteiger partial charge in [-0.2, -0.15) is 0 Å². The molecular formula is C14H13NO4. The van der Waals surface area contributed by atoms with E-state index in [4.69, 9.17) is 14.6 Å². The number of methoxy groups -OCH3 is 2. The van der Waals surface area contributed by atoms with Crippen molar-refractivity contribution in [3.05, 3.63) is 42.1 Å².